The fourth-order valence-electron chi connectivity index (χ4n) is 2.92. The van der Waals surface area contributed by atoms with E-state index in [1.54, 1.807) is 24.3 Å². The van der Waals surface area contributed by atoms with Crippen molar-refractivity contribution in [1.82, 2.24) is 9.97 Å². The number of carbonyl (C=O) groups is 2. The molecule has 130 valence electrons. The lowest BCUT2D eigenvalue weighted by Crippen LogP contribution is -2.29. The molecule has 2 fully saturated rings. The third-order valence-electron chi connectivity index (χ3n) is 4.77. The first-order valence-corrected chi connectivity index (χ1v) is 8.55. The van der Waals surface area contributed by atoms with Crippen molar-refractivity contribution < 1.29 is 9.59 Å². The highest BCUT2D eigenvalue weighted by molar-refractivity contribution is 6.00. The molecule has 0 aromatic carbocycles. The molecule has 7 nitrogen and oxygen atoms in total. The standard InChI is InChI=1S/C19H17N5O2/c20-9-12-10-21-17(8-15(12)22-13-4-5-13)24-18(26)19(6-7-19)16-3-1-2-14(11-25)23-16/h1-3,8,10-11,13H,4-7H2,(H2,21,22,24,26). The topological polar surface area (TPSA) is 108 Å². The van der Waals surface area contributed by atoms with E-state index in [0.29, 0.717) is 53.6 Å². The van der Waals surface area contributed by atoms with E-state index < -0.39 is 5.41 Å². The van der Waals surface area contributed by atoms with Crippen LogP contribution >= 0.6 is 0 Å². The van der Waals surface area contributed by atoms with Gasteiger partial charge in [0.05, 0.1) is 22.4 Å². The van der Waals surface area contributed by atoms with Crippen molar-refractivity contribution in [2.75, 3.05) is 10.6 Å². The minimum atomic E-state index is -0.710. The van der Waals surface area contributed by atoms with Crippen molar-refractivity contribution in [3.8, 4) is 6.07 Å². The van der Waals surface area contributed by atoms with Crippen LogP contribution in [0.15, 0.2) is 30.5 Å². The summed E-state index contributed by atoms with van der Waals surface area (Å²) in [5.41, 5.74) is 1.35. The number of nitrogens with zero attached hydrogens (tertiary/aromatic N) is 3. The highest BCUT2D eigenvalue weighted by Crippen LogP contribution is 2.48. The summed E-state index contributed by atoms with van der Waals surface area (Å²) in [6.45, 7) is 0. The lowest BCUT2D eigenvalue weighted by molar-refractivity contribution is -0.118. The summed E-state index contributed by atoms with van der Waals surface area (Å²) in [6.07, 6.45) is 5.66. The van der Waals surface area contributed by atoms with Crippen LogP contribution in [0.3, 0.4) is 0 Å². The van der Waals surface area contributed by atoms with E-state index >= 15 is 0 Å². The second-order valence-electron chi connectivity index (χ2n) is 6.75. The molecule has 2 aliphatic carbocycles. The van der Waals surface area contributed by atoms with Gasteiger partial charge >= 0.3 is 0 Å². The highest BCUT2D eigenvalue weighted by Gasteiger charge is 2.52. The molecule has 0 bridgehead atoms. The molecule has 0 radical (unpaired) electrons. The lowest BCUT2D eigenvalue weighted by Gasteiger charge is -2.15. The largest absolute Gasteiger partial charge is 0.381 e. The molecule has 0 atom stereocenters. The van der Waals surface area contributed by atoms with Crippen LogP contribution in [0.5, 0.6) is 0 Å². The molecular weight excluding hydrogens is 330 g/mol. The Balaban J connectivity index is 1.56. The second kappa shape index (κ2) is 6.23. The van der Waals surface area contributed by atoms with Crippen LogP contribution in [-0.2, 0) is 10.2 Å². The molecule has 2 aliphatic rings. The van der Waals surface area contributed by atoms with Crippen LogP contribution in [0, 0.1) is 11.3 Å². The summed E-state index contributed by atoms with van der Waals surface area (Å²) in [4.78, 5) is 32.2. The highest BCUT2D eigenvalue weighted by atomic mass is 16.2. The fraction of sp³-hybridized carbons (Fsp3) is 0.316. The quantitative estimate of drug-likeness (QED) is 0.777. The number of hydrogen-bond acceptors (Lipinski definition) is 6. The Morgan fingerprint density at radius 3 is 2.81 bits per heavy atom. The maximum absolute atomic E-state index is 12.8. The molecule has 0 unspecified atom stereocenters. The van der Waals surface area contributed by atoms with Gasteiger partial charge in [0.15, 0.2) is 6.29 Å². The van der Waals surface area contributed by atoms with Crippen LogP contribution in [0.4, 0.5) is 11.5 Å². The molecule has 0 aliphatic heterocycles. The predicted octanol–water partition coefficient (Wildman–Crippen LogP) is 2.41. The maximum atomic E-state index is 12.8. The number of anilines is 2. The summed E-state index contributed by atoms with van der Waals surface area (Å²) in [5.74, 6) is 0.206. The summed E-state index contributed by atoms with van der Waals surface area (Å²) in [7, 11) is 0. The zero-order valence-electron chi connectivity index (χ0n) is 14.0. The monoisotopic (exact) mass is 347 g/mol. The number of nitriles is 1. The summed E-state index contributed by atoms with van der Waals surface area (Å²) < 4.78 is 0. The Hall–Kier alpha value is -3.27. The van der Waals surface area contributed by atoms with E-state index in [0.717, 1.165) is 12.8 Å². The number of pyridine rings is 2. The lowest BCUT2D eigenvalue weighted by atomic mass is 10.00. The average Bonchev–Trinajstić information content (AvgIpc) is 3.57. The van der Waals surface area contributed by atoms with Gasteiger partial charge in [0.2, 0.25) is 5.91 Å². The Labute approximate surface area is 150 Å². The molecule has 4 rings (SSSR count). The number of nitrogens with one attached hydrogen (secondary N) is 2. The van der Waals surface area contributed by atoms with Gasteiger partial charge in [0.1, 0.15) is 17.6 Å². The number of amides is 1. The van der Waals surface area contributed by atoms with Gasteiger partial charge in [-0.05, 0) is 37.8 Å². The molecule has 1 amide bonds. The van der Waals surface area contributed by atoms with Crippen molar-refractivity contribution in [2.45, 2.75) is 37.1 Å². The van der Waals surface area contributed by atoms with Crippen LogP contribution in [0.1, 0.15) is 47.4 Å². The Kier molecular flexibility index (Phi) is 3.88. The van der Waals surface area contributed by atoms with Crippen LogP contribution in [0.25, 0.3) is 0 Å². The van der Waals surface area contributed by atoms with Gasteiger partial charge in [-0.15, -0.1) is 0 Å². The van der Waals surface area contributed by atoms with Gasteiger partial charge in [-0.1, -0.05) is 6.07 Å². The van der Waals surface area contributed by atoms with E-state index in [2.05, 4.69) is 26.7 Å². The van der Waals surface area contributed by atoms with Crippen molar-refractivity contribution in [2.24, 2.45) is 0 Å². The van der Waals surface area contributed by atoms with E-state index in [4.69, 9.17) is 0 Å². The van der Waals surface area contributed by atoms with Gasteiger partial charge in [-0.25, -0.2) is 9.97 Å². The molecule has 0 saturated heterocycles. The first-order valence-electron chi connectivity index (χ1n) is 8.55. The number of aromatic nitrogens is 2. The van der Waals surface area contributed by atoms with Gasteiger partial charge in [-0.2, -0.15) is 5.26 Å². The molecule has 7 heteroatoms. The maximum Gasteiger partial charge on any atom is 0.237 e. The molecule has 0 spiro atoms. The SMILES string of the molecule is N#Cc1cnc(NC(=O)C2(c3cccc(C=O)n3)CC2)cc1NC1CC1. The Bertz CT molecular complexity index is 926. The fourth-order valence-corrected chi connectivity index (χ4v) is 2.92. The van der Waals surface area contributed by atoms with Crippen molar-refractivity contribution in [3.63, 3.8) is 0 Å². The van der Waals surface area contributed by atoms with E-state index in [1.807, 2.05) is 0 Å². The number of rotatable bonds is 6. The molecule has 2 heterocycles. The predicted molar refractivity (Wildman–Crippen MR) is 94.8 cm³/mol. The van der Waals surface area contributed by atoms with E-state index in [1.165, 1.54) is 6.20 Å². The van der Waals surface area contributed by atoms with Crippen LogP contribution < -0.4 is 10.6 Å². The van der Waals surface area contributed by atoms with E-state index in [-0.39, 0.29) is 5.91 Å². The second-order valence-corrected chi connectivity index (χ2v) is 6.75. The van der Waals surface area contributed by atoms with Gasteiger partial charge in [0.25, 0.3) is 0 Å². The van der Waals surface area contributed by atoms with Crippen LogP contribution in [-0.4, -0.2) is 28.2 Å². The average molecular weight is 347 g/mol. The van der Waals surface area contributed by atoms with Crippen molar-refractivity contribution in [1.29, 1.82) is 5.26 Å². The third-order valence-corrected chi connectivity index (χ3v) is 4.77. The first-order chi connectivity index (χ1) is 12.6. The summed E-state index contributed by atoms with van der Waals surface area (Å²) >= 11 is 0. The molecule has 2 N–H and O–H groups in total. The molecule has 2 aromatic heterocycles. The zero-order valence-corrected chi connectivity index (χ0v) is 14.0. The first kappa shape index (κ1) is 16.2. The minimum Gasteiger partial charge on any atom is -0.381 e. The summed E-state index contributed by atoms with van der Waals surface area (Å²) in [5, 5.41) is 15.3. The Morgan fingerprint density at radius 2 is 2.15 bits per heavy atom. The van der Waals surface area contributed by atoms with Gasteiger partial charge in [-0.3, -0.25) is 9.59 Å². The van der Waals surface area contributed by atoms with E-state index in [9.17, 15) is 14.9 Å². The minimum absolute atomic E-state index is 0.192. The molecular formula is C19H17N5O2. The van der Waals surface area contributed by atoms with Crippen LogP contribution in [0.2, 0.25) is 0 Å². The Morgan fingerprint density at radius 1 is 1.35 bits per heavy atom. The third kappa shape index (κ3) is 3.02. The molecule has 2 aromatic rings. The van der Waals surface area contributed by atoms with Gasteiger partial charge in [0, 0.05) is 18.3 Å². The van der Waals surface area contributed by atoms with Crippen molar-refractivity contribution >= 4 is 23.7 Å². The molecule has 26 heavy (non-hydrogen) atoms. The van der Waals surface area contributed by atoms with Crippen molar-refractivity contribution in [3.05, 3.63) is 47.4 Å². The zero-order chi connectivity index (χ0) is 18.1. The molecule has 2 saturated carbocycles. The van der Waals surface area contributed by atoms with Gasteiger partial charge < -0.3 is 10.6 Å². The smallest absolute Gasteiger partial charge is 0.237 e. The number of aldehydes is 1. The normalized spacial score (nSPS) is 17.0. The number of carbonyl (C=O) groups excluding carboxylic acids is 2. The number of hydrogen-bond donors (Lipinski definition) is 2. The summed E-state index contributed by atoms with van der Waals surface area (Å²) in [6, 6.07) is 9.31.